The Morgan fingerprint density at radius 2 is 1.93 bits per heavy atom. The Morgan fingerprint density at radius 1 is 1.36 bits per heavy atom. The van der Waals surface area contributed by atoms with E-state index in [0.29, 0.717) is 0 Å². The van der Waals surface area contributed by atoms with Gasteiger partial charge in [0.05, 0.1) is 6.04 Å². The van der Waals surface area contributed by atoms with Crippen molar-refractivity contribution in [3.05, 3.63) is 0 Å². The Morgan fingerprint density at radius 3 is 2.29 bits per heavy atom. The lowest BCUT2D eigenvalue weighted by Crippen LogP contribution is -2.46. The SMILES string of the molecule is CC(=O)NC(C)[C@H]1OC(O)[C@H](O)[C@@H]1O. The van der Waals surface area contributed by atoms with Gasteiger partial charge in [-0.15, -0.1) is 0 Å². The fraction of sp³-hybridized carbons (Fsp3) is 0.875. The molecule has 0 saturated carbocycles. The summed E-state index contributed by atoms with van der Waals surface area (Å²) in [6.07, 6.45) is -4.70. The summed E-state index contributed by atoms with van der Waals surface area (Å²) in [5, 5.41) is 30.2. The molecule has 1 saturated heterocycles. The van der Waals surface area contributed by atoms with Crippen molar-refractivity contribution < 1.29 is 24.9 Å². The van der Waals surface area contributed by atoms with Gasteiger partial charge in [0.1, 0.15) is 18.3 Å². The van der Waals surface area contributed by atoms with Gasteiger partial charge in [-0.25, -0.2) is 0 Å². The number of amides is 1. The molecule has 1 heterocycles. The number of hydrogen-bond donors (Lipinski definition) is 4. The molecule has 2 unspecified atom stereocenters. The maximum absolute atomic E-state index is 10.7. The second kappa shape index (κ2) is 4.22. The van der Waals surface area contributed by atoms with Crippen LogP contribution in [-0.2, 0) is 9.53 Å². The van der Waals surface area contributed by atoms with Gasteiger partial charge < -0.3 is 25.4 Å². The van der Waals surface area contributed by atoms with Crippen molar-refractivity contribution in [1.29, 1.82) is 0 Å². The van der Waals surface area contributed by atoms with Crippen LogP contribution in [0.5, 0.6) is 0 Å². The van der Waals surface area contributed by atoms with Crippen molar-refractivity contribution in [1.82, 2.24) is 5.32 Å². The number of carbonyl (C=O) groups excluding carboxylic acids is 1. The van der Waals surface area contributed by atoms with E-state index >= 15 is 0 Å². The summed E-state index contributed by atoms with van der Waals surface area (Å²) in [5.41, 5.74) is 0. The first kappa shape index (κ1) is 11.4. The number of rotatable bonds is 2. The monoisotopic (exact) mass is 205 g/mol. The number of hydrogen-bond acceptors (Lipinski definition) is 5. The largest absolute Gasteiger partial charge is 0.387 e. The molecule has 5 atom stereocenters. The number of carbonyl (C=O) groups is 1. The third-order valence-corrected chi connectivity index (χ3v) is 2.20. The molecule has 1 rings (SSSR count). The van der Waals surface area contributed by atoms with Gasteiger partial charge in [-0.3, -0.25) is 4.79 Å². The Bertz CT molecular complexity index is 222. The number of aliphatic hydroxyl groups is 3. The van der Waals surface area contributed by atoms with Gasteiger partial charge in [0.2, 0.25) is 5.91 Å². The van der Waals surface area contributed by atoms with Crippen molar-refractivity contribution >= 4 is 5.91 Å². The predicted octanol–water partition coefficient (Wildman–Crippen LogP) is -2.05. The van der Waals surface area contributed by atoms with Crippen LogP contribution in [0.3, 0.4) is 0 Å². The normalized spacial score (nSPS) is 39.5. The summed E-state index contributed by atoms with van der Waals surface area (Å²) in [4.78, 5) is 10.7. The van der Waals surface area contributed by atoms with E-state index in [-0.39, 0.29) is 5.91 Å². The summed E-state index contributed by atoms with van der Waals surface area (Å²) in [6, 6.07) is -0.464. The molecule has 4 N–H and O–H groups in total. The van der Waals surface area contributed by atoms with Gasteiger partial charge in [-0.1, -0.05) is 0 Å². The van der Waals surface area contributed by atoms with E-state index < -0.39 is 30.6 Å². The van der Waals surface area contributed by atoms with Gasteiger partial charge in [-0.2, -0.15) is 0 Å². The van der Waals surface area contributed by atoms with Crippen LogP contribution in [-0.4, -0.2) is 51.9 Å². The average Bonchev–Trinajstić information content (AvgIpc) is 2.32. The van der Waals surface area contributed by atoms with Gasteiger partial charge in [0.15, 0.2) is 6.29 Å². The molecule has 0 aromatic carbocycles. The van der Waals surface area contributed by atoms with E-state index in [1.165, 1.54) is 6.92 Å². The van der Waals surface area contributed by atoms with Crippen LogP contribution in [0.15, 0.2) is 0 Å². The summed E-state index contributed by atoms with van der Waals surface area (Å²) in [7, 11) is 0. The van der Waals surface area contributed by atoms with E-state index in [9.17, 15) is 15.0 Å². The van der Waals surface area contributed by atoms with Crippen LogP contribution >= 0.6 is 0 Å². The Labute approximate surface area is 81.5 Å². The summed E-state index contributed by atoms with van der Waals surface area (Å²) in [5.74, 6) is -0.260. The molecule has 0 aromatic rings. The number of ether oxygens (including phenoxy) is 1. The van der Waals surface area contributed by atoms with Crippen LogP contribution < -0.4 is 5.32 Å². The maximum Gasteiger partial charge on any atom is 0.217 e. The Hall–Kier alpha value is -0.690. The molecule has 0 aliphatic carbocycles. The standard InChI is InChI=1S/C8H15NO5/c1-3(9-4(2)10)7-5(11)6(12)8(13)14-7/h3,5-8,11-13H,1-2H3,(H,9,10)/t3?,5-,6+,7+,8?/m0/s1. The lowest BCUT2D eigenvalue weighted by atomic mass is 10.1. The average molecular weight is 205 g/mol. The van der Waals surface area contributed by atoms with Crippen molar-refractivity contribution in [3.8, 4) is 0 Å². The van der Waals surface area contributed by atoms with Crippen LogP contribution in [0.25, 0.3) is 0 Å². The Kier molecular flexibility index (Phi) is 3.43. The first-order valence-corrected chi connectivity index (χ1v) is 4.40. The van der Waals surface area contributed by atoms with E-state index in [1.807, 2.05) is 0 Å². The zero-order valence-corrected chi connectivity index (χ0v) is 8.04. The summed E-state index contributed by atoms with van der Waals surface area (Å²) < 4.78 is 4.89. The highest BCUT2D eigenvalue weighted by Gasteiger charge is 2.44. The van der Waals surface area contributed by atoms with E-state index in [4.69, 9.17) is 9.84 Å². The van der Waals surface area contributed by atoms with Crippen molar-refractivity contribution in [2.24, 2.45) is 0 Å². The lowest BCUT2D eigenvalue weighted by Gasteiger charge is -2.22. The second-order valence-electron chi connectivity index (χ2n) is 3.46. The van der Waals surface area contributed by atoms with E-state index in [2.05, 4.69) is 5.32 Å². The fourth-order valence-corrected chi connectivity index (χ4v) is 1.50. The molecule has 0 aromatic heterocycles. The molecule has 1 aliphatic rings. The van der Waals surface area contributed by atoms with Crippen LogP contribution in [0.2, 0.25) is 0 Å². The molecular formula is C8H15NO5. The van der Waals surface area contributed by atoms with Gasteiger partial charge in [0.25, 0.3) is 0 Å². The lowest BCUT2D eigenvalue weighted by molar-refractivity contribution is -0.135. The van der Waals surface area contributed by atoms with Crippen LogP contribution in [0, 0.1) is 0 Å². The topological polar surface area (TPSA) is 99.0 Å². The van der Waals surface area contributed by atoms with Crippen molar-refractivity contribution in [2.75, 3.05) is 0 Å². The molecule has 1 fully saturated rings. The highest BCUT2D eigenvalue weighted by molar-refractivity contribution is 5.73. The van der Waals surface area contributed by atoms with Gasteiger partial charge >= 0.3 is 0 Å². The third kappa shape index (κ3) is 2.21. The Balaban J connectivity index is 2.57. The molecule has 0 radical (unpaired) electrons. The molecule has 0 bridgehead atoms. The zero-order chi connectivity index (χ0) is 10.9. The van der Waals surface area contributed by atoms with E-state index in [0.717, 1.165) is 0 Å². The molecule has 1 amide bonds. The molecule has 0 spiro atoms. The smallest absolute Gasteiger partial charge is 0.217 e. The highest BCUT2D eigenvalue weighted by atomic mass is 16.6. The van der Waals surface area contributed by atoms with Crippen molar-refractivity contribution in [2.45, 2.75) is 44.5 Å². The molecule has 1 aliphatic heterocycles. The quantitative estimate of drug-likeness (QED) is 0.416. The van der Waals surface area contributed by atoms with Gasteiger partial charge in [0, 0.05) is 6.92 Å². The predicted molar refractivity (Wildman–Crippen MR) is 46.2 cm³/mol. The molecular weight excluding hydrogens is 190 g/mol. The van der Waals surface area contributed by atoms with Crippen molar-refractivity contribution in [3.63, 3.8) is 0 Å². The molecule has 6 heteroatoms. The molecule has 82 valence electrons. The van der Waals surface area contributed by atoms with Crippen LogP contribution in [0.1, 0.15) is 13.8 Å². The summed E-state index contributed by atoms with van der Waals surface area (Å²) >= 11 is 0. The first-order chi connectivity index (χ1) is 6.43. The van der Waals surface area contributed by atoms with Crippen LogP contribution in [0.4, 0.5) is 0 Å². The zero-order valence-electron chi connectivity index (χ0n) is 8.04. The van der Waals surface area contributed by atoms with Gasteiger partial charge in [-0.05, 0) is 6.92 Å². The minimum absolute atomic E-state index is 0.260. The molecule has 6 nitrogen and oxygen atoms in total. The second-order valence-corrected chi connectivity index (χ2v) is 3.46. The minimum atomic E-state index is -1.40. The minimum Gasteiger partial charge on any atom is -0.387 e. The molecule has 14 heavy (non-hydrogen) atoms. The highest BCUT2D eigenvalue weighted by Crippen LogP contribution is 2.21. The number of aliphatic hydroxyl groups excluding tert-OH is 3. The first-order valence-electron chi connectivity index (χ1n) is 4.40. The van der Waals surface area contributed by atoms with E-state index in [1.54, 1.807) is 6.92 Å². The third-order valence-electron chi connectivity index (χ3n) is 2.20. The maximum atomic E-state index is 10.7. The summed E-state index contributed by atoms with van der Waals surface area (Å²) in [6.45, 7) is 2.96. The fourth-order valence-electron chi connectivity index (χ4n) is 1.50. The number of nitrogens with one attached hydrogen (secondary N) is 1.